The van der Waals surface area contributed by atoms with E-state index in [4.69, 9.17) is 9.47 Å². The number of sulfonamides is 1. The van der Waals surface area contributed by atoms with Crippen molar-refractivity contribution in [2.24, 2.45) is 0 Å². The first-order chi connectivity index (χ1) is 13.7. The van der Waals surface area contributed by atoms with Crippen molar-refractivity contribution in [3.8, 4) is 0 Å². The van der Waals surface area contributed by atoms with Gasteiger partial charge < -0.3 is 9.47 Å². The Kier molecular flexibility index (Phi) is 6.67. The van der Waals surface area contributed by atoms with Crippen molar-refractivity contribution < 1.29 is 31.5 Å². The predicted octanol–water partition coefficient (Wildman–Crippen LogP) is 3.67. The van der Waals surface area contributed by atoms with Gasteiger partial charge in [-0.2, -0.15) is 4.31 Å². The molecular weight excluding hydrogens is 472 g/mol. The summed E-state index contributed by atoms with van der Waals surface area (Å²) < 4.78 is 64.8. The van der Waals surface area contributed by atoms with Crippen LogP contribution in [0.4, 0.5) is 8.78 Å². The zero-order valence-electron chi connectivity index (χ0n) is 15.4. The molecule has 0 amide bonds. The molecule has 0 bridgehead atoms. The maximum absolute atomic E-state index is 13.9. The van der Waals surface area contributed by atoms with Crippen LogP contribution in [0.1, 0.15) is 28.9 Å². The minimum Gasteiger partial charge on any atom is -0.454 e. The molecule has 1 aliphatic heterocycles. The van der Waals surface area contributed by atoms with Crippen LogP contribution in [0.5, 0.6) is 0 Å². The third-order valence-electron chi connectivity index (χ3n) is 4.44. The molecule has 29 heavy (non-hydrogen) atoms. The molecule has 1 heterocycles. The summed E-state index contributed by atoms with van der Waals surface area (Å²) in [6.45, 7) is 2.45. The molecule has 1 atom stereocenters. The van der Waals surface area contributed by atoms with Crippen LogP contribution >= 0.6 is 15.9 Å². The summed E-state index contributed by atoms with van der Waals surface area (Å²) in [6.07, 6.45) is -0.994. The summed E-state index contributed by atoms with van der Waals surface area (Å²) in [4.78, 5) is 12.4. The first kappa shape index (κ1) is 21.8. The van der Waals surface area contributed by atoms with Crippen LogP contribution in [-0.2, 0) is 19.5 Å². The van der Waals surface area contributed by atoms with Crippen molar-refractivity contribution in [2.45, 2.75) is 17.9 Å². The molecule has 6 nitrogen and oxygen atoms in total. The van der Waals surface area contributed by atoms with Crippen molar-refractivity contribution in [3.05, 3.63) is 63.6 Å². The largest absolute Gasteiger partial charge is 0.454 e. The molecule has 0 radical (unpaired) electrons. The van der Waals surface area contributed by atoms with Crippen LogP contribution in [0.2, 0.25) is 0 Å². The molecule has 1 fully saturated rings. The highest BCUT2D eigenvalue weighted by atomic mass is 79.9. The summed E-state index contributed by atoms with van der Waals surface area (Å²) in [5, 5.41) is 0. The lowest BCUT2D eigenvalue weighted by Crippen LogP contribution is -2.40. The second-order valence-corrected chi connectivity index (χ2v) is 9.14. The summed E-state index contributed by atoms with van der Waals surface area (Å²) in [5.41, 5.74) is 0.00688. The number of ether oxygens (including phenoxy) is 2. The minimum absolute atomic E-state index is 0.00518. The molecule has 0 aromatic heterocycles. The molecule has 0 N–H and O–H groups in total. The zero-order chi connectivity index (χ0) is 21.2. The first-order valence-electron chi connectivity index (χ1n) is 8.73. The van der Waals surface area contributed by atoms with Gasteiger partial charge in [0.1, 0.15) is 17.7 Å². The Morgan fingerprint density at radius 3 is 2.52 bits per heavy atom. The standard InChI is InChI=1S/C19H18BrF2NO5S/c1-12(15-4-3-14(21)11-17(15)22)28-19(24)13-2-5-16(20)18(10-13)29(25,26)23-6-8-27-9-7-23/h2-5,10-12H,6-9H2,1H3. The van der Waals surface area contributed by atoms with E-state index in [2.05, 4.69) is 15.9 Å². The van der Waals surface area contributed by atoms with Crippen LogP contribution < -0.4 is 0 Å². The molecule has 0 spiro atoms. The number of halogens is 3. The molecule has 3 rings (SSSR count). The van der Waals surface area contributed by atoms with Crippen LogP contribution in [-0.4, -0.2) is 45.0 Å². The van der Waals surface area contributed by atoms with E-state index >= 15 is 0 Å². The Morgan fingerprint density at radius 1 is 1.17 bits per heavy atom. The maximum Gasteiger partial charge on any atom is 0.338 e. The van der Waals surface area contributed by atoms with E-state index in [0.29, 0.717) is 23.8 Å². The van der Waals surface area contributed by atoms with E-state index in [-0.39, 0.29) is 29.1 Å². The summed E-state index contributed by atoms with van der Waals surface area (Å²) >= 11 is 3.21. The van der Waals surface area contributed by atoms with Crippen molar-refractivity contribution >= 4 is 31.9 Å². The average Bonchev–Trinajstić information content (AvgIpc) is 2.68. The SMILES string of the molecule is CC(OC(=O)c1ccc(Br)c(S(=O)(=O)N2CCOCC2)c1)c1ccc(F)cc1F. The van der Waals surface area contributed by atoms with Gasteiger partial charge in [0, 0.05) is 29.2 Å². The number of benzene rings is 2. The topological polar surface area (TPSA) is 72.9 Å². The second-order valence-electron chi connectivity index (χ2n) is 6.38. The molecule has 10 heteroatoms. The van der Waals surface area contributed by atoms with Gasteiger partial charge in [0.2, 0.25) is 10.0 Å². The van der Waals surface area contributed by atoms with Crippen LogP contribution in [0.25, 0.3) is 0 Å². The van der Waals surface area contributed by atoms with Gasteiger partial charge in [-0.05, 0) is 53.2 Å². The van der Waals surface area contributed by atoms with E-state index in [9.17, 15) is 22.0 Å². The third kappa shape index (κ3) is 4.82. The summed E-state index contributed by atoms with van der Waals surface area (Å²) in [7, 11) is -3.84. The lowest BCUT2D eigenvalue weighted by atomic mass is 10.1. The van der Waals surface area contributed by atoms with Gasteiger partial charge in [0.05, 0.1) is 23.7 Å². The lowest BCUT2D eigenvalue weighted by Gasteiger charge is -2.26. The molecule has 1 unspecified atom stereocenters. The van der Waals surface area contributed by atoms with E-state index in [1.54, 1.807) is 0 Å². The number of hydrogen-bond donors (Lipinski definition) is 0. The Morgan fingerprint density at radius 2 is 1.86 bits per heavy atom. The predicted molar refractivity (Wildman–Crippen MR) is 104 cm³/mol. The average molecular weight is 490 g/mol. The highest BCUT2D eigenvalue weighted by Gasteiger charge is 2.29. The third-order valence-corrected chi connectivity index (χ3v) is 7.33. The number of carbonyl (C=O) groups excluding carboxylic acids is 1. The molecule has 2 aromatic carbocycles. The molecule has 1 aliphatic rings. The number of hydrogen-bond acceptors (Lipinski definition) is 5. The van der Waals surface area contributed by atoms with Gasteiger partial charge in [-0.25, -0.2) is 22.0 Å². The minimum atomic E-state index is -3.84. The Bertz CT molecular complexity index is 1030. The van der Waals surface area contributed by atoms with E-state index in [0.717, 1.165) is 6.07 Å². The molecule has 2 aromatic rings. The van der Waals surface area contributed by atoms with Crippen LogP contribution in [0.15, 0.2) is 45.8 Å². The highest BCUT2D eigenvalue weighted by molar-refractivity contribution is 9.10. The van der Waals surface area contributed by atoms with Gasteiger partial charge in [-0.1, -0.05) is 0 Å². The monoisotopic (exact) mass is 489 g/mol. The second kappa shape index (κ2) is 8.86. The van der Waals surface area contributed by atoms with Crippen molar-refractivity contribution in [1.29, 1.82) is 0 Å². The number of morpholine rings is 1. The van der Waals surface area contributed by atoms with Crippen LogP contribution in [0, 0.1) is 11.6 Å². The number of esters is 1. The normalized spacial score (nSPS) is 16.4. The van der Waals surface area contributed by atoms with Crippen molar-refractivity contribution in [1.82, 2.24) is 4.31 Å². The smallest absolute Gasteiger partial charge is 0.338 e. The van der Waals surface area contributed by atoms with Gasteiger partial charge in [-0.15, -0.1) is 0 Å². The fourth-order valence-corrected chi connectivity index (χ4v) is 5.24. The molecular formula is C19H18BrF2NO5S. The van der Waals surface area contributed by atoms with Crippen LogP contribution in [0.3, 0.4) is 0 Å². The fraction of sp³-hybridized carbons (Fsp3) is 0.316. The summed E-state index contributed by atoms with van der Waals surface area (Å²) in [5.74, 6) is -2.40. The van der Waals surface area contributed by atoms with E-state index < -0.39 is 33.7 Å². The van der Waals surface area contributed by atoms with E-state index in [1.807, 2.05) is 0 Å². The van der Waals surface area contributed by atoms with Crippen molar-refractivity contribution in [2.75, 3.05) is 26.3 Å². The first-order valence-corrected chi connectivity index (χ1v) is 11.0. The Labute approximate surface area is 175 Å². The maximum atomic E-state index is 13.9. The molecule has 0 aliphatic carbocycles. The van der Waals surface area contributed by atoms with Crippen molar-refractivity contribution in [3.63, 3.8) is 0 Å². The molecule has 156 valence electrons. The number of nitrogens with zero attached hydrogens (tertiary/aromatic N) is 1. The van der Waals surface area contributed by atoms with Gasteiger partial charge in [0.15, 0.2) is 0 Å². The van der Waals surface area contributed by atoms with E-state index in [1.165, 1.54) is 35.5 Å². The fourth-order valence-electron chi connectivity index (χ4n) is 2.88. The number of carbonyl (C=O) groups is 1. The quantitative estimate of drug-likeness (QED) is 0.599. The van der Waals surface area contributed by atoms with Gasteiger partial charge in [0.25, 0.3) is 0 Å². The Hall–Kier alpha value is -1.88. The number of rotatable bonds is 5. The Balaban J connectivity index is 1.84. The molecule has 1 saturated heterocycles. The van der Waals surface area contributed by atoms with Gasteiger partial charge >= 0.3 is 5.97 Å². The molecule has 0 saturated carbocycles. The van der Waals surface area contributed by atoms with Gasteiger partial charge in [-0.3, -0.25) is 0 Å². The zero-order valence-corrected chi connectivity index (χ0v) is 17.8. The lowest BCUT2D eigenvalue weighted by molar-refractivity contribution is 0.0331. The summed E-state index contributed by atoms with van der Waals surface area (Å²) in [6, 6.07) is 7.01. The highest BCUT2D eigenvalue weighted by Crippen LogP contribution is 2.28.